The molecule has 0 amide bonds. The number of esters is 1. The third kappa shape index (κ3) is 5.61. The molecule has 0 aliphatic heterocycles. The molecular weight excluding hydrogens is 452 g/mol. The van der Waals surface area contributed by atoms with Crippen LogP contribution < -0.4 is 4.98 Å². The minimum absolute atomic E-state index is 0.0677. The number of carbonyl (C=O) groups is 1. The molecule has 0 saturated carbocycles. The van der Waals surface area contributed by atoms with Gasteiger partial charge in [-0.05, 0) is 35.0 Å². The maximum atomic E-state index is 12.4. The Kier molecular flexibility index (Phi) is 7.41. The summed E-state index contributed by atoms with van der Waals surface area (Å²) in [5.41, 5.74) is 4.65. The van der Waals surface area contributed by atoms with Crippen molar-refractivity contribution in [1.82, 2.24) is 0 Å². The number of nitrogens with one attached hydrogen (secondary N) is 1. The van der Waals surface area contributed by atoms with E-state index < -0.39 is 0 Å². The van der Waals surface area contributed by atoms with Crippen LogP contribution in [0.15, 0.2) is 96.0 Å². The van der Waals surface area contributed by atoms with Crippen molar-refractivity contribution < 1.29 is 14.5 Å². The molecule has 1 heterocycles. The summed E-state index contributed by atoms with van der Waals surface area (Å²) < 4.78 is 5.39. The van der Waals surface area contributed by atoms with Crippen LogP contribution in [0.25, 0.3) is 22.4 Å². The summed E-state index contributed by atoms with van der Waals surface area (Å²) >= 11 is 7.69. The molecule has 1 aromatic heterocycles. The molecule has 0 saturated heterocycles. The van der Waals surface area contributed by atoms with Gasteiger partial charge in [0.15, 0.2) is 0 Å². The molecular formula is C27H20ClN2O2S+. The van der Waals surface area contributed by atoms with Crippen molar-refractivity contribution in [3.63, 3.8) is 0 Å². The number of ether oxygens (including phenoxy) is 1. The number of carbonyl (C=O) groups excluding carboxylic acids is 1. The Labute approximate surface area is 201 Å². The number of hydrogen-bond donors (Lipinski definition) is 0. The Bertz CT molecular complexity index is 1310. The summed E-state index contributed by atoms with van der Waals surface area (Å²) in [5, 5.41) is 11.1. The number of thioether (sulfide) groups is 1. The molecule has 162 valence electrons. The Morgan fingerprint density at radius 1 is 0.939 bits per heavy atom. The third-order valence-corrected chi connectivity index (χ3v) is 6.28. The van der Waals surface area contributed by atoms with Crippen LogP contribution in [0.4, 0.5) is 0 Å². The van der Waals surface area contributed by atoms with Gasteiger partial charge >= 0.3 is 5.97 Å². The van der Waals surface area contributed by atoms with Crippen LogP contribution in [0.1, 0.15) is 11.1 Å². The van der Waals surface area contributed by atoms with E-state index in [1.807, 2.05) is 91.0 Å². The second-order valence-electron chi connectivity index (χ2n) is 7.19. The lowest BCUT2D eigenvalue weighted by atomic mass is 9.99. The van der Waals surface area contributed by atoms with Gasteiger partial charge in [0.2, 0.25) is 5.69 Å². The van der Waals surface area contributed by atoms with Crippen LogP contribution in [0.3, 0.4) is 0 Å². The minimum Gasteiger partial charge on any atom is -0.460 e. The van der Waals surface area contributed by atoms with E-state index >= 15 is 0 Å². The van der Waals surface area contributed by atoms with Crippen LogP contribution in [0.5, 0.6) is 0 Å². The highest BCUT2D eigenvalue weighted by atomic mass is 35.5. The Balaban J connectivity index is 1.64. The molecule has 0 fully saturated rings. The van der Waals surface area contributed by atoms with Gasteiger partial charge in [0, 0.05) is 11.6 Å². The van der Waals surface area contributed by atoms with E-state index in [1.165, 1.54) is 11.8 Å². The third-order valence-electron chi connectivity index (χ3n) is 4.97. The van der Waals surface area contributed by atoms with Crippen molar-refractivity contribution >= 4 is 29.3 Å². The minimum atomic E-state index is -0.356. The van der Waals surface area contributed by atoms with Gasteiger partial charge in [-0.1, -0.05) is 84.4 Å². The number of aromatic nitrogens is 1. The Hall–Kier alpha value is -3.59. The van der Waals surface area contributed by atoms with Crippen molar-refractivity contribution in [2.75, 3.05) is 5.75 Å². The van der Waals surface area contributed by atoms with Gasteiger partial charge in [0.05, 0.1) is 10.6 Å². The van der Waals surface area contributed by atoms with Gasteiger partial charge in [-0.2, -0.15) is 10.2 Å². The quantitative estimate of drug-likeness (QED) is 0.238. The van der Waals surface area contributed by atoms with Crippen LogP contribution in [0.2, 0.25) is 5.02 Å². The fourth-order valence-corrected chi connectivity index (χ4v) is 4.43. The van der Waals surface area contributed by atoms with Gasteiger partial charge in [-0.25, -0.2) is 0 Å². The number of halogens is 1. The lowest BCUT2D eigenvalue weighted by Crippen LogP contribution is -2.16. The molecule has 4 nitrogen and oxygen atoms in total. The number of benzene rings is 3. The first-order chi connectivity index (χ1) is 16.2. The molecule has 1 N–H and O–H groups in total. The summed E-state index contributed by atoms with van der Waals surface area (Å²) in [4.78, 5) is 15.7. The molecule has 0 bridgehead atoms. The molecule has 6 heteroatoms. The van der Waals surface area contributed by atoms with Crippen LogP contribution in [0, 0.1) is 11.3 Å². The van der Waals surface area contributed by atoms with E-state index in [9.17, 15) is 10.1 Å². The second-order valence-corrected chi connectivity index (χ2v) is 8.59. The van der Waals surface area contributed by atoms with Crippen molar-refractivity contribution in [2.45, 2.75) is 11.6 Å². The predicted molar refractivity (Wildman–Crippen MR) is 131 cm³/mol. The molecule has 4 aromatic rings. The number of rotatable bonds is 7. The molecule has 0 unspecified atom stereocenters. The first-order valence-corrected chi connectivity index (χ1v) is 11.6. The lowest BCUT2D eigenvalue weighted by molar-refractivity contribution is -0.414. The number of H-pyrrole nitrogens is 1. The summed E-state index contributed by atoms with van der Waals surface area (Å²) in [6, 6.07) is 30.9. The number of nitriles is 1. The number of hydrogen-bond acceptors (Lipinski definition) is 4. The highest BCUT2D eigenvalue weighted by Gasteiger charge is 2.23. The van der Waals surface area contributed by atoms with Gasteiger partial charge in [0.1, 0.15) is 24.0 Å². The van der Waals surface area contributed by atoms with E-state index in [1.54, 1.807) is 0 Å². The molecule has 0 radical (unpaired) electrons. The summed E-state index contributed by atoms with van der Waals surface area (Å²) in [5.74, 6) is -0.288. The predicted octanol–water partition coefficient (Wildman–Crippen LogP) is 6.20. The Morgan fingerprint density at radius 3 is 2.30 bits per heavy atom. The average molecular weight is 472 g/mol. The monoisotopic (exact) mass is 471 g/mol. The molecule has 0 spiro atoms. The topological polar surface area (TPSA) is 64.2 Å². The zero-order valence-corrected chi connectivity index (χ0v) is 19.2. The molecule has 33 heavy (non-hydrogen) atoms. The zero-order valence-electron chi connectivity index (χ0n) is 17.6. The lowest BCUT2D eigenvalue weighted by Gasteiger charge is -2.09. The first kappa shape index (κ1) is 22.6. The van der Waals surface area contributed by atoms with E-state index in [0.717, 1.165) is 27.9 Å². The number of pyridine rings is 1. The van der Waals surface area contributed by atoms with E-state index in [2.05, 4.69) is 11.1 Å². The van der Waals surface area contributed by atoms with Crippen LogP contribution in [-0.4, -0.2) is 11.7 Å². The highest BCUT2D eigenvalue weighted by Crippen LogP contribution is 2.33. The van der Waals surface area contributed by atoms with Crippen molar-refractivity contribution in [2.24, 2.45) is 0 Å². The standard InChI is InChI=1S/C27H19ClN2O2S/c28-24-14-8-7-13-21(24)25-15-22(20-11-5-2-6-12-20)23(16-29)27(30-25)33-18-26(31)32-17-19-9-3-1-4-10-19/h1-15H,17-18H2/p+1. The maximum absolute atomic E-state index is 12.4. The van der Waals surface area contributed by atoms with Gasteiger partial charge < -0.3 is 4.74 Å². The van der Waals surface area contributed by atoms with Gasteiger partial charge in [-0.3, -0.25) is 4.79 Å². The molecule has 0 aliphatic carbocycles. The van der Waals surface area contributed by atoms with Crippen LogP contribution >= 0.6 is 23.4 Å². The summed E-state index contributed by atoms with van der Waals surface area (Å²) in [7, 11) is 0. The maximum Gasteiger partial charge on any atom is 0.316 e. The normalized spacial score (nSPS) is 10.4. The van der Waals surface area contributed by atoms with Crippen molar-refractivity contribution in [3.8, 4) is 28.5 Å². The summed E-state index contributed by atoms with van der Waals surface area (Å²) in [6.45, 7) is 0.212. The van der Waals surface area contributed by atoms with Gasteiger partial charge in [-0.15, -0.1) is 0 Å². The number of nitrogens with zero attached hydrogens (tertiary/aromatic N) is 1. The van der Waals surface area contributed by atoms with E-state index in [0.29, 0.717) is 15.6 Å². The fourth-order valence-electron chi connectivity index (χ4n) is 3.36. The average Bonchev–Trinajstić information content (AvgIpc) is 2.87. The first-order valence-electron chi connectivity index (χ1n) is 10.3. The molecule has 0 atom stereocenters. The molecule has 0 aliphatic rings. The largest absolute Gasteiger partial charge is 0.460 e. The summed E-state index contributed by atoms with van der Waals surface area (Å²) in [6.07, 6.45) is 0. The molecule has 3 aromatic carbocycles. The Morgan fingerprint density at radius 2 is 1.61 bits per heavy atom. The van der Waals surface area contributed by atoms with E-state index in [4.69, 9.17) is 16.3 Å². The molecule has 4 rings (SSSR count). The van der Waals surface area contributed by atoms with Crippen LogP contribution in [-0.2, 0) is 16.1 Å². The second kappa shape index (κ2) is 10.8. The smallest absolute Gasteiger partial charge is 0.316 e. The SMILES string of the molecule is N#Cc1c(-c2ccccc2)cc(-c2ccccc2Cl)[nH+]c1SCC(=O)OCc1ccccc1. The van der Waals surface area contributed by atoms with E-state index in [-0.39, 0.29) is 18.3 Å². The van der Waals surface area contributed by atoms with Crippen molar-refractivity contribution in [3.05, 3.63) is 107 Å². The van der Waals surface area contributed by atoms with Crippen molar-refractivity contribution in [1.29, 1.82) is 5.26 Å². The highest BCUT2D eigenvalue weighted by molar-refractivity contribution is 7.99. The number of aromatic amines is 1. The van der Waals surface area contributed by atoms with Gasteiger partial charge in [0.25, 0.3) is 5.03 Å². The zero-order chi connectivity index (χ0) is 23.0. The fraction of sp³-hybridized carbons (Fsp3) is 0.0741.